The van der Waals surface area contributed by atoms with Crippen LogP contribution in [0.3, 0.4) is 0 Å². The number of aromatic nitrogens is 3. The van der Waals surface area contributed by atoms with Crippen LogP contribution >= 0.6 is 11.6 Å². The third-order valence-electron chi connectivity index (χ3n) is 4.32. The average molecular weight is 377 g/mol. The van der Waals surface area contributed by atoms with Gasteiger partial charge in [-0.05, 0) is 36.2 Å². The maximum absolute atomic E-state index is 12.7. The highest BCUT2D eigenvalue weighted by atomic mass is 35.5. The van der Waals surface area contributed by atoms with Crippen LogP contribution in [0.1, 0.15) is 27.8 Å². The Morgan fingerprint density at radius 2 is 1.81 bits per heavy atom. The van der Waals surface area contributed by atoms with Gasteiger partial charge in [0.1, 0.15) is 11.0 Å². The van der Waals surface area contributed by atoms with Crippen molar-refractivity contribution in [1.82, 2.24) is 20.3 Å². The molecule has 0 fully saturated rings. The molecule has 4 rings (SSSR count). The number of halogens is 1. The maximum Gasteiger partial charge on any atom is 0.253 e. The quantitative estimate of drug-likeness (QED) is 0.509. The van der Waals surface area contributed by atoms with Gasteiger partial charge in [-0.15, -0.1) is 0 Å². The number of amides is 1. The number of H-pyrrole nitrogens is 1. The van der Waals surface area contributed by atoms with Gasteiger partial charge in [0.2, 0.25) is 0 Å². The highest BCUT2D eigenvalue weighted by Crippen LogP contribution is 2.20. The van der Waals surface area contributed by atoms with Crippen molar-refractivity contribution >= 4 is 28.5 Å². The molecule has 0 bridgehead atoms. The van der Waals surface area contributed by atoms with Crippen molar-refractivity contribution in [2.45, 2.75) is 12.5 Å². The number of nitrogens with one attached hydrogen (secondary N) is 2. The van der Waals surface area contributed by atoms with Gasteiger partial charge in [-0.3, -0.25) is 4.79 Å². The summed E-state index contributed by atoms with van der Waals surface area (Å²) in [5.41, 5.74) is 3.37. The zero-order valence-electron chi connectivity index (χ0n) is 14.4. The van der Waals surface area contributed by atoms with E-state index < -0.39 is 0 Å². The molecular weight excluding hydrogens is 360 g/mol. The van der Waals surface area contributed by atoms with Crippen molar-refractivity contribution in [2.75, 3.05) is 0 Å². The molecule has 2 heterocycles. The lowest BCUT2D eigenvalue weighted by atomic mass is 10.0. The number of hydrogen-bond donors (Lipinski definition) is 2. The molecule has 0 aliphatic rings. The van der Waals surface area contributed by atoms with E-state index in [4.69, 9.17) is 11.6 Å². The first-order valence-corrected chi connectivity index (χ1v) is 8.98. The zero-order chi connectivity index (χ0) is 18.6. The first kappa shape index (κ1) is 17.2. The van der Waals surface area contributed by atoms with Crippen molar-refractivity contribution in [2.24, 2.45) is 0 Å². The summed E-state index contributed by atoms with van der Waals surface area (Å²) in [6.45, 7) is 0. The fourth-order valence-electron chi connectivity index (χ4n) is 2.96. The van der Waals surface area contributed by atoms with Gasteiger partial charge in [0, 0.05) is 6.20 Å². The summed E-state index contributed by atoms with van der Waals surface area (Å²) in [6, 6.07) is 20.8. The van der Waals surface area contributed by atoms with Crippen molar-refractivity contribution in [3.8, 4) is 0 Å². The Morgan fingerprint density at radius 3 is 2.56 bits per heavy atom. The van der Waals surface area contributed by atoms with Crippen LogP contribution < -0.4 is 5.32 Å². The van der Waals surface area contributed by atoms with Crippen LogP contribution in [0.5, 0.6) is 0 Å². The van der Waals surface area contributed by atoms with E-state index in [0.29, 0.717) is 17.1 Å². The van der Waals surface area contributed by atoms with Gasteiger partial charge >= 0.3 is 0 Å². The summed E-state index contributed by atoms with van der Waals surface area (Å²) in [4.78, 5) is 24.7. The SMILES string of the molecule is O=C(N[C@@H](Cc1ccccc1)c1nc2ccccc2[nH]1)c1ccc(Cl)nc1. The second-order valence-electron chi connectivity index (χ2n) is 6.22. The summed E-state index contributed by atoms with van der Waals surface area (Å²) in [7, 11) is 0. The number of benzene rings is 2. The Hall–Kier alpha value is -3.18. The van der Waals surface area contributed by atoms with Gasteiger partial charge in [0.15, 0.2) is 0 Å². The Labute approximate surface area is 161 Å². The number of aromatic amines is 1. The summed E-state index contributed by atoms with van der Waals surface area (Å²) >= 11 is 5.81. The van der Waals surface area contributed by atoms with Gasteiger partial charge in [-0.1, -0.05) is 54.1 Å². The monoisotopic (exact) mass is 376 g/mol. The molecule has 5 nitrogen and oxygen atoms in total. The number of para-hydroxylation sites is 2. The molecule has 0 spiro atoms. The molecule has 0 saturated heterocycles. The summed E-state index contributed by atoms with van der Waals surface area (Å²) < 4.78 is 0. The number of rotatable bonds is 5. The molecule has 134 valence electrons. The summed E-state index contributed by atoms with van der Waals surface area (Å²) in [6.07, 6.45) is 2.09. The number of nitrogens with zero attached hydrogens (tertiary/aromatic N) is 2. The van der Waals surface area contributed by atoms with Crippen LogP contribution in [0.2, 0.25) is 5.15 Å². The topological polar surface area (TPSA) is 70.7 Å². The summed E-state index contributed by atoms with van der Waals surface area (Å²) in [5.74, 6) is 0.496. The minimum absolute atomic E-state index is 0.222. The van der Waals surface area contributed by atoms with Gasteiger partial charge in [0.05, 0.1) is 22.6 Å². The molecule has 0 saturated carbocycles. The molecule has 2 N–H and O–H groups in total. The lowest BCUT2D eigenvalue weighted by Crippen LogP contribution is -2.30. The Bertz CT molecular complexity index is 1030. The van der Waals surface area contributed by atoms with Gasteiger partial charge < -0.3 is 10.3 Å². The fourth-order valence-corrected chi connectivity index (χ4v) is 3.07. The lowest BCUT2D eigenvalue weighted by Gasteiger charge is -2.17. The minimum atomic E-state index is -0.303. The fraction of sp³-hybridized carbons (Fsp3) is 0.0952. The normalized spacial score (nSPS) is 12.0. The molecule has 27 heavy (non-hydrogen) atoms. The average Bonchev–Trinajstić information content (AvgIpc) is 3.13. The second-order valence-corrected chi connectivity index (χ2v) is 6.61. The van der Waals surface area contributed by atoms with Crippen molar-refractivity contribution in [3.05, 3.63) is 95.0 Å². The largest absolute Gasteiger partial charge is 0.342 e. The van der Waals surface area contributed by atoms with Crippen LogP contribution in [0.25, 0.3) is 11.0 Å². The number of carbonyl (C=O) groups is 1. The molecular formula is C21H17ClN4O. The zero-order valence-corrected chi connectivity index (χ0v) is 15.1. The van der Waals surface area contributed by atoms with Gasteiger partial charge in [-0.2, -0.15) is 0 Å². The van der Waals surface area contributed by atoms with Crippen molar-refractivity contribution in [1.29, 1.82) is 0 Å². The van der Waals surface area contributed by atoms with E-state index in [1.165, 1.54) is 6.20 Å². The summed E-state index contributed by atoms with van der Waals surface area (Å²) in [5, 5.41) is 3.41. The maximum atomic E-state index is 12.7. The number of fused-ring (bicyclic) bond motifs is 1. The third-order valence-corrected chi connectivity index (χ3v) is 4.54. The van der Waals surface area contributed by atoms with Crippen LogP contribution in [0, 0.1) is 0 Å². The van der Waals surface area contributed by atoms with Crippen LogP contribution in [0.15, 0.2) is 72.9 Å². The Morgan fingerprint density at radius 1 is 1.04 bits per heavy atom. The van der Waals surface area contributed by atoms with E-state index in [1.807, 2.05) is 54.6 Å². The van der Waals surface area contributed by atoms with E-state index in [0.717, 1.165) is 22.4 Å². The Kier molecular flexibility index (Phi) is 4.85. The van der Waals surface area contributed by atoms with E-state index in [1.54, 1.807) is 12.1 Å². The third kappa shape index (κ3) is 3.99. The number of imidazole rings is 1. The molecule has 0 radical (unpaired) electrons. The van der Waals surface area contributed by atoms with E-state index in [2.05, 4.69) is 20.3 Å². The van der Waals surface area contributed by atoms with Crippen LogP contribution in [-0.4, -0.2) is 20.9 Å². The first-order valence-electron chi connectivity index (χ1n) is 8.60. The molecule has 2 aromatic heterocycles. The molecule has 1 atom stereocenters. The predicted molar refractivity (Wildman–Crippen MR) is 106 cm³/mol. The van der Waals surface area contributed by atoms with Gasteiger partial charge in [-0.25, -0.2) is 9.97 Å². The van der Waals surface area contributed by atoms with Crippen molar-refractivity contribution in [3.63, 3.8) is 0 Å². The van der Waals surface area contributed by atoms with Gasteiger partial charge in [0.25, 0.3) is 5.91 Å². The first-order chi connectivity index (χ1) is 13.2. The molecule has 2 aromatic carbocycles. The van der Waals surface area contributed by atoms with Crippen LogP contribution in [-0.2, 0) is 6.42 Å². The van der Waals surface area contributed by atoms with E-state index >= 15 is 0 Å². The molecule has 4 aromatic rings. The molecule has 1 amide bonds. The van der Waals surface area contributed by atoms with E-state index in [-0.39, 0.29) is 11.9 Å². The number of pyridine rings is 1. The minimum Gasteiger partial charge on any atom is -0.342 e. The van der Waals surface area contributed by atoms with E-state index in [9.17, 15) is 4.79 Å². The second kappa shape index (κ2) is 7.60. The smallest absolute Gasteiger partial charge is 0.253 e. The van der Waals surface area contributed by atoms with Crippen molar-refractivity contribution < 1.29 is 4.79 Å². The van der Waals surface area contributed by atoms with Crippen LogP contribution in [0.4, 0.5) is 0 Å². The number of hydrogen-bond acceptors (Lipinski definition) is 3. The molecule has 0 aliphatic carbocycles. The lowest BCUT2D eigenvalue weighted by molar-refractivity contribution is 0.0934. The standard InChI is InChI=1S/C21H17ClN4O/c22-19-11-10-15(13-23-19)21(27)26-18(12-14-6-2-1-3-7-14)20-24-16-8-4-5-9-17(16)25-20/h1-11,13,18H,12H2,(H,24,25)(H,26,27)/t18-/m0/s1. The number of carbonyl (C=O) groups excluding carboxylic acids is 1. The predicted octanol–water partition coefficient (Wildman–Crippen LogP) is 4.33. The molecule has 0 unspecified atom stereocenters. The molecule has 0 aliphatic heterocycles. The highest BCUT2D eigenvalue weighted by Gasteiger charge is 2.20. The highest BCUT2D eigenvalue weighted by molar-refractivity contribution is 6.29. The Balaban J connectivity index is 1.64. The molecule has 6 heteroatoms.